The molecule has 1 fully saturated rings. The SMILES string of the molecule is CC(C)(C)c1ccc(/C=C2\SC(=O)N(Cc3ccc(Cl)cc3Cl)C2=O)cc1. The van der Waals surface area contributed by atoms with Crippen LogP contribution in [0.25, 0.3) is 6.08 Å². The van der Waals surface area contributed by atoms with E-state index in [9.17, 15) is 9.59 Å². The Morgan fingerprint density at radius 1 is 1.04 bits per heavy atom. The monoisotopic (exact) mass is 419 g/mol. The molecule has 27 heavy (non-hydrogen) atoms. The van der Waals surface area contributed by atoms with Crippen LogP contribution in [-0.2, 0) is 16.8 Å². The first-order valence-corrected chi connectivity index (χ1v) is 10.0. The Kier molecular flexibility index (Phi) is 5.71. The van der Waals surface area contributed by atoms with Gasteiger partial charge in [0.25, 0.3) is 11.1 Å². The van der Waals surface area contributed by atoms with E-state index in [1.807, 2.05) is 24.3 Å². The molecule has 1 aliphatic rings. The molecule has 3 nitrogen and oxygen atoms in total. The van der Waals surface area contributed by atoms with Crippen molar-refractivity contribution in [3.05, 3.63) is 74.1 Å². The van der Waals surface area contributed by atoms with Crippen molar-refractivity contribution in [2.24, 2.45) is 0 Å². The first-order valence-electron chi connectivity index (χ1n) is 8.45. The zero-order chi connectivity index (χ0) is 19.8. The normalized spacial score (nSPS) is 16.5. The van der Waals surface area contributed by atoms with Gasteiger partial charge in [-0.15, -0.1) is 0 Å². The highest BCUT2D eigenvalue weighted by Crippen LogP contribution is 2.34. The molecular formula is C21H19Cl2NO2S. The molecule has 0 unspecified atom stereocenters. The predicted octanol–water partition coefficient (Wildman–Crippen LogP) is 6.53. The average molecular weight is 420 g/mol. The van der Waals surface area contributed by atoms with Crippen molar-refractivity contribution in [3.8, 4) is 0 Å². The number of amides is 2. The molecule has 2 amide bonds. The largest absolute Gasteiger partial charge is 0.293 e. The highest BCUT2D eigenvalue weighted by atomic mass is 35.5. The van der Waals surface area contributed by atoms with Gasteiger partial charge in [-0.05, 0) is 52.1 Å². The van der Waals surface area contributed by atoms with Gasteiger partial charge in [-0.25, -0.2) is 0 Å². The lowest BCUT2D eigenvalue weighted by molar-refractivity contribution is -0.123. The summed E-state index contributed by atoms with van der Waals surface area (Å²) in [5.74, 6) is -0.309. The molecule has 1 heterocycles. The van der Waals surface area contributed by atoms with Crippen molar-refractivity contribution < 1.29 is 9.59 Å². The third-order valence-corrected chi connectivity index (χ3v) is 5.79. The highest BCUT2D eigenvalue weighted by molar-refractivity contribution is 8.18. The lowest BCUT2D eigenvalue weighted by Gasteiger charge is -2.18. The first-order chi connectivity index (χ1) is 12.6. The summed E-state index contributed by atoms with van der Waals surface area (Å²) in [6.07, 6.45) is 1.75. The van der Waals surface area contributed by atoms with Crippen LogP contribution in [0.3, 0.4) is 0 Å². The van der Waals surface area contributed by atoms with E-state index in [2.05, 4.69) is 20.8 Å². The fraction of sp³-hybridized carbons (Fsp3) is 0.238. The number of nitrogens with zero attached hydrogens (tertiary/aromatic N) is 1. The van der Waals surface area contributed by atoms with E-state index in [1.54, 1.807) is 24.3 Å². The van der Waals surface area contributed by atoms with E-state index >= 15 is 0 Å². The topological polar surface area (TPSA) is 37.4 Å². The van der Waals surface area contributed by atoms with E-state index in [-0.39, 0.29) is 23.1 Å². The van der Waals surface area contributed by atoms with Gasteiger partial charge in [-0.3, -0.25) is 14.5 Å². The fourth-order valence-corrected chi connectivity index (χ4v) is 3.99. The average Bonchev–Trinajstić information content (AvgIpc) is 2.84. The lowest BCUT2D eigenvalue weighted by Crippen LogP contribution is -2.27. The van der Waals surface area contributed by atoms with Gasteiger partial charge in [-0.1, -0.05) is 74.3 Å². The number of imide groups is 1. The summed E-state index contributed by atoms with van der Waals surface area (Å²) >= 11 is 13.0. The van der Waals surface area contributed by atoms with Crippen LogP contribution in [-0.4, -0.2) is 16.0 Å². The molecule has 2 aromatic carbocycles. The number of benzene rings is 2. The quantitative estimate of drug-likeness (QED) is 0.530. The predicted molar refractivity (Wildman–Crippen MR) is 113 cm³/mol. The van der Waals surface area contributed by atoms with Crippen molar-refractivity contribution in [1.82, 2.24) is 4.90 Å². The number of thioether (sulfide) groups is 1. The first kappa shape index (κ1) is 20.0. The van der Waals surface area contributed by atoms with Gasteiger partial charge in [0.05, 0.1) is 11.4 Å². The molecule has 0 saturated carbocycles. The second kappa shape index (κ2) is 7.70. The molecule has 0 aliphatic carbocycles. The molecule has 0 atom stereocenters. The molecular weight excluding hydrogens is 401 g/mol. The Hall–Kier alpha value is -1.75. The van der Waals surface area contributed by atoms with Crippen molar-refractivity contribution in [2.45, 2.75) is 32.7 Å². The van der Waals surface area contributed by atoms with E-state index < -0.39 is 0 Å². The van der Waals surface area contributed by atoms with Crippen molar-refractivity contribution in [1.29, 1.82) is 0 Å². The van der Waals surface area contributed by atoms with Gasteiger partial charge in [0.15, 0.2) is 0 Å². The Morgan fingerprint density at radius 2 is 1.70 bits per heavy atom. The minimum absolute atomic E-state index is 0.0637. The molecule has 1 saturated heterocycles. The summed E-state index contributed by atoms with van der Waals surface area (Å²) in [5.41, 5.74) is 2.84. The van der Waals surface area contributed by atoms with Crippen LogP contribution in [0.4, 0.5) is 4.79 Å². The smallest absolute Gasteiger partial charge is 0.268 e. The highest BCUT2D eigenvalue weighted by Gasteiger charge is 2.35. The summed E-state index contributed by atoms with van der Waals surface area (Å²) in [7, 11) is 0. The summed E-state index contributed by atoms with van der Waals surface area (Å²) in [6.45, 7) is 6.57. The molecule has 3 rings (SSSR count). The molecule has 0 bridgehead atoms. The van der Waals surface area contributed by atoms with E-state index in [0.717, 1.165) is 17.3 Å². The maximum absolute atomic E-state index is 12.7. The standard InChI is InChI=1S/C21H19Cl2NO2S/c1-21(2,3)15-7-4-13(5-8-15)10-18-19(25)24(20(26)27-18)12-14-6-9-16(22)11-17(14)23/h4-11H,12H2,1-3H3/b18-10-. The Labute approximate surface area is 173 Å². The second-order valence-electron chi connectivity index (χ2n) is 7.38. The molecule has 1 aliphatic heterocycles. The zero-order valence-electron chi connectivity index (χ0n) is 15.3. The number of carbonyl (C=O) groups excluding carboxylic acids is 2. The van der Waals surface area contributed by atoms with Crippen LogP contribution in [0, 0.1) is 0 Å². The molecule has 0 radical (unpaired) electrons. The van der Waals surface area contributed by atoms with Gasteiger partial charge in [-0.2, -0.15) is 0 Å². The third kappa shape index (κ3) is 4.57. The van der Waals surface area contributed by atoms with Crippen LogP contribution < -0.4 is 0 Å². The summed E-state index contributed by atoms with van der Waals surface area (Å²) in [6, 6.07) is 13.0. The minimum atomic E-state index is -0.309. The number of halogens is 2. The van der Waals surface area contributed by atoms with Gasteiger partial charge in [0.2, 0.25) is 0 Å². The van der Waals surface area contributed by atoms with E-state index in [0.29, 0.717) is 20.5 Å². The number of carbonyl (C=O) groups is 2. The molecule has 0 aromatic heterocycles. The fourth-order valence-electron chi connectivity index (χ4n) is 2.69. The molecule has 0 N–H and O–H groups in total. The zero-order valence-corrected chi connectivity index (χ0v) is 17.6. The van der Waals surface area contributed by atoms with E-state index in [1.165, 1.54) is 10.5 Å². The molecule has 2 aromatic rings. The Morgan fingerprint density at radius 3 is 2.30 bits per heavy atom. The van der Waals surface area contributed by atoms with Crippen LogP contribution in [0.5, 0.6) is 0 Å². The van der Waals surface area contributed by atoms with Crippen LogP contribution in [0.2, 0.25) is 10.0 Å². The van der Waals surface area contributed by atoms with Gasteiger partial charge < -0.3 is 0 Å². The maximum Gasteiger partial charge on any atom is 0.293 e. The molecule has 6 heteroatoms. The molecule has 0 spiro atoms. The number of hydrogen-bond acceptors (Lipinski definition) is 3. The van der Waals surface area contributed by atoms with Crippen molar-refractivity contribution >= 4 is 52.2 Å². The minimum Gasteiger partial charge on any atom is -0.268 e. The summed E-state index contributed by atoms with van der Waals surface area (Å²) in [5, 5.41) is 0.642. The van der Waals surface area contributed by atoms with E-state index in [4.69, 9.17) is 23.2 Å². The number of rotatable bonds is 3. The maximum atomic E-state index is 12.7. The molecule has 140 valence electrons. The van der Waals surface area contributed by atoms with Crippen molar-refractivity contribution in [2.75, 3.05) is 0 Å². The van der Waals surface area contributed by atoms with Crippen LogP contribution in [0.1, 0.15) is 37.5 Å². The van der Waals surface area contributed by atoms with Crippen molar-refractivity contribution in [3.63, 3.8) is 0 Å². The van der Waals surface area contributed by atoms with Crippen LogP contribution in [0.15, 0.2) is 47.4 Å². The van der Waals surface area contributed by atoms with Gasteiger partial charge in [0.1, 0.15) is 0 Å². The van der Waals surface area contributed by atoms with Crippen LogP contribution >= 0.6 is 35.0 Å². The van der Waals surface area contributed by atoms with Gasteiger partial charge in [0, 0.05) is 10.0 Å². The summed E-state index contributed by atoms with van der Waals surface area (Å²) in [4.78, 5) is 26.6. The lowest BCUT2D eigenvalue weighted by atomic mass is 9.87. The Bertz CT molecular complexity index is 930. The van der Waals surface area contributed by atoms with Gasteiger partial charge >= 0.3 is 0 Å². The summed E-state index contributed by atoms with van der Waals surface area (Å²) < 4.78 is 0. The second-order valence-corrected chi connectivity index (χ2v) is 9.21. The third-order valence-electron chi connectivity index (χ3n) is 4.29. The number of hydrogen-bond donors (Lipinski definition) is 0. The Balaban J connectivity index is 1.80.